The van der Waals surface area contributed by atoms with Gasteiger partial charge in [-0.25, -0.2) is 4.98 Å². The maximum absolute atomic E-state index is 12.1. The first kappa shape index (κ1) is 15.4. The monoisotopic (exact) mass is 297 g/mol. The third kappa shape index (κ3) is 4.26. The van der Waals surface area contributed by atoms with Crippen LogP contribution in [0.25, 0.3) is 0 Å². The Morgan fingerprint density at radius 3 is 2.90 bits per heavy atom. The number of likely N-dealkylation sites (tertiary alicyclic amines) is 1. The van der Waals surface area contributed by atoms with E-state index in [1.165, 1.54) is 24.2 Å². The SMILES string of the molecule is COCCCNC(=O)c1sc(CN2CCCC2)nc1C. The molecule has 6 heteroatoms. The highest BCUT2D eigenvalue weighted by Crippen LogP contribution is 2.21. The molecule has 2 heterocycles. The van der Waals surface area contributed by atoms with E-state index in [-0.39, 0.29) is 5.91 Å². The van der Waals surface area contributed by atoms with E-state index in [2.05, 4.69) is 15.2 Å². The second-order valence-corrected chi connectivity index (χ2v) is 6.19. The van der Waals surface area contributed by atoms with Crippen LogP contribution in [0.5, 0.6) is 0 Å². The summed E-state index contributed by atoms with van der Waals surface area (Å²) in [6.45, 7) is 6.40. The first-order valence-electron chi connectivity index (χ1n) is 7.16. The predicted octanol–water partition coefficient (Wildman–Crippen LogP) is 1.81. The van der Waals surface area contributed by atoms with Gasteiger partial charge in [0.05, 0.1) is 12.2 Å². The summed E-state index contributed by atoms with van der Waals surface area (Å²) in [5.41, 5.74) is 0.841. The van der Waals surface area contributed by atoms with Crippen molar-refractivity contribution in [3.8, 4) is 0 Å². The van der Waals surface area contributed by atoms with Gasteiger partial charge in [-0.1, -0.05) is 0 Å². The Morgan fingerprint density at radius 1 is 1.45 bits per heavy atom. The summed E-state index contributed by atoms with van der Waals surface area (Å²) in [6, 6.07) is 0. The zero-order chi connectivity index (χ0) is 14.4. The highest BCUT2D eigenvalue weighted by molar-refractivity contribution is 7.13. The van der Waals surface area contributed by atoms with Crippen LogP contribution in [0.4, 0.5) is 0 Å². The fourth-order valence-corrected chi connectivity index (χ4v) is 3.38. The lowest BCUT2D eigenvalue weighted by atomic mass is 10.3. The predicted molar refractivity (Wildman–Crippen MR) is 80.2 cm³/mol. The van der Waals surface area contributed by atoms with Gasteiger partial charge in [-0.05, 0) is 39.3 Å². The van der Waals surface area contributed by atoms with Crippen molar-refractivity contribution in [3.63, 3.8) is 0 Å². The molecule has 1 aliphatic heterocycles. The molecule has 0 radical (unpaired) electrons. The van der Waals surface area contributed by atoms with Crippen LogP contribution in [0.2, 0.25) is 0 Å². The van der Waals surface area contributed by atoms with Gasteiger partial charge in [0.25, 0.3) is 5.91 Å². The van der Waals surface area contributed by atoms with Gasteiger partial charge in [0.15, 0.2) is 0 Å². The topological polar surface area (TPSA) is 54.5 Å². The molecule has 0 spiro atoms. The first-order valence-corrected chi connectivity index (χ1v) is 7.98. The van der Waals surface area contributed by atoms with Gasteiger partial charge >= 0.3 is 0 Å². The molecule has 0 saturated carbocycles. The van der Waals surface area contributed by atoms with Gasteiger partial charge in [0.1, 0.15) is 9.88 Å². The second-order valence-electron chi connectivity index (χ2n) is 5.11. The lowest BCUT2D eigenvalue weighted by Crippen LogP contribution is -2.25. The summed E-state index contributed by atoms with van der Waals surface area (Å²) in [4.78, 5) is 19.8. The lowest BCUT2D eigenvalue weighted by molar-refractivity contribution is 0.0952. The highest BCUT2D eigenvalue weighted by atomic mass is 32.1. The van der Waals surface area contributed by atoms with E-state index in [0.717, 1.165) is 41.6 Å². The van der Waals surface area contributed by atoms with E-state index in [1.807, 2.05) is 6.92 Å². The van der Waals surface area contributed by atoms with E-state index in [4.69, 9.17) is 4.74 Å². The Balaban J connectivity index is 1.87. The van der Waals surface area contributed by atoms with E-state index in [0.29, 0.717) is 13.2 Å². The van der Waals surface area contributed by atoms with E-state index in [9.17, 15) is 4.79 Å². The van der Waals surface area contributed by atoms with Crippen LogP contribution in [0, 0.1) is 6.92 Å². The van der Waals surface area contributed by atoms with Crippen molar-refractivity contribution in [2.75, 3.05) is 33.4 Å². The molecule has 20 heavy (non-hydrogen) atoms. The molecule has 1 fully saturated rings. The van der Waals surface area contributed by atoms with E-state index >= 15 is 0 Å². The zero-order valence-corrected chi connectivity index (χ0v) is 13.1. The summed E-state index contributed by atoms with van der Waals surface area (Å²) < 4.78 is 4.96. The molecule has 112 valence electrons. The molecule has 1 aromatic rings. The van der Waals surface area contributed by atoms with Gasteiger partial charge in [0.2, 0.25) is 0 Å². The average Bonchev–Trinajstić information content (AvgIpc) is 3.05. The van der Waals surface area contributed by atoms with Crippen molar-refractivity contribution in [1.29, 1.82) is 0 Å². The molecule has 0 aromatic carbocycles. The Bertz CT molecular complexity index is 442. The van der Waals surface area contributed by atoms with Gasteiger partial charge in [-0.15, -0.1) is 11.3 Å². The first-order chi connectivity index (χ1) is 9.70. The molecule has 0 bridgehead atoms. The fourth-order valence-electron chi connectivity index (χ4n) is 2.36. The van der Waals surface area contributed by atoms with Crippen molar-refractivity contribution in [2.24, 2.45) is 0 Å². The van der Waals surface area contributed by atoms with Crippen LogP contribution in [-0.2, 0) is 11.3 Å². The number of amides is 1. The number of ether oxygens (including phenoxy) is 1. The number of aromatic nitrogens is 1. The number of aryl methyl sites for hydroxylation is 1. The van der Waals surface area contributed by atoms with Crippen LogP contribution in [0.1, 0.15) is 39.6 Å². The van der Waals surface area contributed by atoms with Crippen molar-refractivity contribution >= 4 is 17.2 Å². The van der Waals surface area contributed by atoms with Crippen molar-refractivity contribution in [2.45, 2.75) is 32.7 Å². The zero-order valence-electron chi connectivity index (χ0n) is 12.3. The van der Waals surface area contributed by atoms with Crippen molar-refractivity contribution in [3.05, 3.63) is 15.6 Å². The fraction of sp³-hybridized carbons (Fsp3) is 0.714. The van der Waals surface area contributed by atoms with Gasteiger partial charge in [-0.3, -0.25) is 9.69 Å². The number of methoxy groups -OCH3 is 1. The normalized spacial score (nSPS) is 15.7. The van der Waals surface area contributed by atoms with Crippen LogP contribution < -0.4 is 5.32 Å². The minimum Gasteiger partial charge on any atom is -0.385 e. The molecule has 2 rings (SSSR count). The van der Waals surface area contributed by atoms with Crippen molar-refractivity contribution in [1.82, 2.24) is 15.2 Å². The number of carbonyl (C=O) groups is 1. The molecule has 1 aliphatic rings. The molecule has 1 N–H and O–H groups in total. The van der Waals surface area contributed by atoms with Crippen molar-refractivity contribution < 1.29 is 9.53 Å². The largest absolute Gasteiger partial charge is 0.385 e. The van der Waals surface area contributed by atoms with Crippen LogP contribution in [-0.4, -0.2) is 49.1 Å². The molecule has 1 saturated heterocycles. The number of hydrogen-bond donors (Lipinski definition) is 1. The van der Waals surface area contributed by atoms with Crippen LogP contribution >= 0.6 is 11.3 Å². The number of rotatable bonds is 7. The number of nitrogens with zero attached hydrogens (tertiary/aromatic N) is 2. The summed E-state index contributed by atoms with van der Waals surface area (Å²) in [5.74, 6) is -0.0104. The molecular formula is C14H23N3O2S. The lowest BCUT2D eigenvalue weighted by Gasteiger charge is -2.11. The number of thiazole rings is 1. The summed E-state index contributed by atoms with van der Waals surface area (Å²) in [6.07, 6.45) is 3.38. The number of nitrogens with one attached hydrogen (secondary N) is 1. The highest BCUT2D eigenvalue weighted by Gasteiger charge is 2.18. The number of carbonyl (C=O) groups excluding carboxylic acids is 1. The molecule has 1 aromatic heterocycles. The Kier molecular flexibility index (Phi) is 5.94. The van der Waals surface area contributed by atoms with Crippen LogP contribution in [0.3, 0.4) is 0 Å². The van der Waals surface area contributed by atoms with Crippen LogP contribution in [0.15, 0.2) is 0 Å². The maximum Gasteiger partial charge on any atom is 0.263 e. The van der Waals surface area contributed by atoms with E-state index < -0.39 is 0 Å². The molecular weight excluding hydrogens is 274 g/mol. The maximum atomic E-state index is 12.1. The summed E-state index contributed by atoms with van der Waals surface area (Å²) in [5, 5.41) is 3.97. The average molecular weight is 297 g/mol. The Labute approximate surface area is 124 Å². The van der Waals surface area contributed by atoms with Gasteiger partial charge < -0.3 is 10.1 Å². The summed E-state index contributed by atoms with van der Waals surface area (Å²) in [7, 11) is 1.67. The van der Waals surface area contributed by atoms with E-state index in [1.54, 1.807) is 7.11 Å². The minimum absolute atomic E-state index is 0.0104. The smallest absolute Gasteiger partial charge is 0.263 e. The summed E-state index contributed by atoms with van der Waals surface area (Å²) >= 11 is 1.52. The molecule has 5 nitrogen and oxygen atoms in total. The standard InChI is InChI=1S/C14H23N3O2S/c1-11-13(14(18)15-6-5-9-19-2)20-12(16-11)10-17-7-3-4-8-17/h3-10H2,1-2H3,(H,15,18). The molecule has 0 aliphatic carbocycles. The third-order valence-corrected chi connectivity index (χ3v) is 4.56. The molecule has 0 unspecified atom stereocenters. The van der Waals surface area contributed by atoms with Gasteiger partial charge in [-0.2, -0.15) is 0 Å². The molecule has 1 amide bonds. The Hall–Kier alpha value is -0.980. The molecule has 0 atom stereocenters. The minimum atomic E-state index is -0.0104. The second kappa shape index (κ2) is 7.71. The number of hydrogen-bond acceptors (Lipinski definition) is 5. The third-order valence-electron chi connectivity index (χ3n) is 3.42. The van der Waals surface area contributed by atoms with Gasteiger partial charge in [0, 0.05) is 20.3 Å². The Morgan fingerprint density at radius 2 is 2.20 bits per heavy atom. The quantitative estimate of drug-likeness (QED) is 0.780.